The molecular weight excluding hydrogens is 792 g/mol. The van der Waals surface area contributed by atoms with Crippen molar-refractivity contribution in [3.05, 3.63) is 0 Å². The summed E-state index contributed by atoms with van der Waals surface area (Å²) in [4.78, 5) is 25.4. The molecule has 2 N–H and O–H groups in total. The van der Waals surface area contributed by atoms with Crippen LogP contribution in [0.15, 0.2) is 0 Å². The SMILES string of the molecule is CCCCCCCCCCCCCCCCCCCCCCCCCCCCCCC(O)C(COP(=O)([O-])OCC[N+](C)(C)C)NC(=O)CCCCCCCCCCCCCC. The lowest BCUT2D eigenvalue weighted by Crippen LogP contribution is -2.46. The van der Waals surface area contributed by atoms with Gasteiger partial charge in [0.2, 0.25) is 5.91 Å². The van der Waals surface area contributed by atoms with Gasteiger partial charge in [-0.2, -0.15) is 0 Å². The number of hydrogen-bond acceptors (Lipinski definition) is 6. The minimum atomic E-state index is -4.56. The van der Waals surface area contributed by atoms with E-state index < -0.39 is 20.0 Å². The summed E-state index contributed by atoms with van der Waals surface area (Å²) in [7, 11) is 1.32. The van der Waals surface area contributed by atoms with E-state index in [1.807, 2.05) is 21.1 Å². The summed E-state index contributed by atoms with van der Waals surface area (Å²) in [6.07, 6.45) is 52.8. The largest absolute Gasteiger partial charge is 0.756 e. The van der Waals surface area contributed by atoms with E-state index in [2.05, 4.69) is 19.2 Å². The predicted molar refractivity (Wildman–Crippen MR) is 266 cm³/mol. The highest BCUT2D eigenvalue weighted by Crippen LogP contribution is 2.38. The maximum Gasteiger partial charge on any atom is 0.268 e. The fourth-order valence-corrected chi connectivity index (χ4v) is 9.24. The third-order valence-electron chi connectivity index (χ3n) is 12.8. The molecule has 62 heavy (non-hydrogen) atoms. The van der Waals surface area contributed by atoms with Crippen molar-refractivity contribution < 1.29 is 32.9 Å². The molecule has 0 bridgehead atoms. The van der Waals surface area contributed by atoms with Crippen LogP contribution in [0.1, 0.15) is 284 Å². The van der Waals surface area contributed by atoms with E-state index in [-0.39, 0.29) is 19.1 Å². The normalized spacial score (nSPS) is 14.0. The van der Waals surface area contributed by atoms with E-state index in [1.54, 1.807) is 0 Å². The molecule has 8 nitrogen and oxygen atoms in total. The molecule has 0 aromatic heterocycles. The van der Waals surface area contributed by atoms with E-state index in [0.29, 0.717) is 23.9 Å². The third-order valence-corrected chi connectivity index (χ3v) is 13.8. The summed E-state index contributed by atoms with van der Waals surface area (Å²) in [5, 5.41) is 14.0. The number of aliphatic hydroxyl groups excluding tert-OH is 1. The molecule has 0 aliphatic carbocycles. The van der Waals surface area contributed by atoms with Crippen LogP contribution in [-0.2, 0) is 18.4 Å². The van der Waals surface area contributed by atoms with Gasteiger partial charge in [-0.1, -0.05) is 264 Å². The summed E-state index contributed by atoms with van der Waals surface area (Å²) in [5.74, 6) is -0.160. The van der Waals surface area contributed by atoms with Gasteiger partial charge in [0.25, 0.3) is 7.82 Å². The highest BCUT2D eigenvalue weighted by Gasteiger charge is 2.24. The molecule has 1 amide bonds. The minimum Gasteiger partial charge on any atom is -0.756 e. The molecule has 0 aromatic rings. The number of nitrogens with zero attached hydrogens (tertiary/aromatic N) is 1. The highest BCUT2D eigenvalue weighted by atomic mass is 31.2. The lowest BCUT2D eigenvalue weighted by Gasteiger charge is -2.30. The van der Waals surface area contributed by atoms with E-state index in [4.69, 9.17) is 9.05 Å². The van der Waals surface area contributed by atoms with Gasteiger partial charge in [0.15, 0.2) is 0 Å². The lowest BCUT2D eigenvalue weighted by molar-refractivity contribution is -0.870. The van der Waals surface area contributed by atoms with Crippen LogP contribution >= 0.6 is 7.82 Å². The number of nitrogens with one attached hydrogen (secondary N) is 1. The molecule has 0 rings (SSSR count). The van der Waals surface area contributed by atoms with E-state index in [9.17, 15) is 19.4 Å². The van der Waals surface area contributed by atoms with Crippen LogP contribution in [-0.4, -0.2) is 68.5 Å². The van der Waals surface area contributed by atoms with Crippen molar-refractivity contribution in [3.8, 4) is 0 Å². The Morgan fingerprint density at radius 2 is 0.790 bits per heavy atom. The summed E-state index contributed by atoms with van der Waals surface area (Å²) < 4.78 is 23.3. The topological polar surface area (TPSA) is 108 Å². The lowest BCUT2D eigenvalue weighted by atomic mass is 10.0. The van der Waals surface area contributed by atoms with Gasteiger partial charge in [-0.15, -0.1) is 0 Å². The van der Waals surface area contributed by atoms with Crippen LogP contribution < -0.4 is 10.2 Å². The molecule has 0 saturated heterocycles. The molecule has 3 unspecified atom stereocenters. The standard InChI is InChI=1S/C53H109N2O6P/c1-6-8-10-12-14-16-18-20-21-22-23-24-25-26-27-28-29-30-31-32-33-34-35-36-38-40-42-44-46-52(56)51(50-61-62(58,59)60-49-48-55(3,4)5)54-53(57)47-45-43-41-39-37-19-17-15-13-11-9-7-2/h51-52,56H,6-50H2,1-5H3,(H-,54,57,58,59). The Kier molecular flexibility index (Phi) is 45.3. The third kappa shape index (κ3) is 47.5. The van der Waals surface area contributed by atoms with E-state index >= 15 is 0 Å². The van der Waals surface area contributed by atoms with Gasteiger partial charge in [0, 0.05) is 6.42 Å². The summed E-state index contributed by atoms with van der Waals surface area (Å²) >= 11 is 0. The first kappa shape index (κ1) is 61.5. The van der Waals surface area contributed by atoms with Gasteiger partial charge < -0.3 is 28.8 Å². The number of phosphoric ester groups is 1. The number of rotatable bonds is 51. The number of likely N-dealkylation sites (N-methyl/N-ethyl adjacent to an activating group) is 1. The fraction of sp³-hybridized carbons (Fsp3) is 0.981. The van der Waals surface area contributed by atoms with Crippen molar-refractivity contribution in [3.63, 3.8) is 0 Å². The molecule has 0 radical (unpaired) electrons. The number of carbonyl (C=O) groups excluding carboxylic acids is 1. The number of amides is 1. The zero-order chi connectivity index (χ0) is 45.7. The molecule has 0 saturated carbocycles. The van der Waals surface area contributed by atoms with Gasteiger partial charge in [-0.3, -0.25) is 9.36 Å². The summed E-state index contributed by atoms with van der Waals surface area (Å²) in [5.41, 5.74) is 0. The molecule has 0 fully saturated rings. The molecule has 0 heterocycles. The van der Waals surface area contributed by atoms with Crippen molar-refractivity contribution in [2.75, 3.05) is 40.9 Å². The first-order valence-corrected chi connectivity index (χ1v) is 28.8. The maximum atomic E-state index is 12.9. The number of aliphatic hydroxyl groups is 1. The first-order valence-electron chi connectivity index (χ1n) is 27.4. The molecule has 0 spiro atoms. The zero-order valence-electron chi connectivity index (χ0n) is 42.4. The monoisotopic (exact) mass is 901 g/mol. The van der Waals surface area contributed by atoms with Crippen LogP contribution in [0.4, 0.5) is 0 Å². The summed E-state index contributed by atoms with van der Waals surface area (Å²) in [6.45, 7) is 4.75. The predicted octanol–water partition coefficient (Wildman–Crippen LogP) is 15.5. The van der Waals surface area contributed by atoms with Crippen LogP contribution in [0.2, 0.25) is 0 Å². The van der Waals surface area contributed by atoms with Gasteiger partial charge in [-0.25, -0.2) is 0 Å². The van der Waals surface area contributed by atoms with E-state index in [1.165, 1.54) is 218 Å². The van der Waals surface area contributed by atoms with Crippen LogP contribution in [0.3, 0.4) is 0 Å². The molecule has 372 valence electrons. The minimum absolute atomic E-state index is 0.0163. The second-order valence-corrected chi connectivity index (χ2v) is 21.7. The number of unbranched alkanes of at least 4 members (excludes halogenated alkanes) is 38. The molecule has 9 heteroatoms. The molecule has 0 aliphatic rings. The van der Waals surface area contributed by atoms with Crippen LogP contribution in [0.5, 0.6) is 0 Å². The Labute approximate surface area is 387 Å². The zero-order valence-corrected chi connectivity index (χ0v) is 43.3. The first-order chi connectivity index (χ1) is 30.0. The van der Waals surface area contributed by atoms with Gasteiger partial charge in [0.05, 0.1) is 39.9 Å². The van der Waals surface area contributed by atoms with Crippen molar-refractivity contribution in [1.29, 1.82) is 0 Å². The molecule has 0 aromatic carbocycles. The van der Waals surface area contributed by atoms with Gasteiger partial charge >= 0.3 is 0 Å². The number of hydrogen-bond donors (Lipinski definition) is 2. The fourth-order valence-electron chi connectivity index (χ4n) is 8.51. The van der Waals surface area contributed by atoms with Crippen LogP contribution in [0, 0.1) is 0 Å². The number of carbonyl (C=O) groups is 1. The number of quaternary nitrogens is 1. The number of phosphoric acid groups is 1. The van der Waals surface area contributed by atoms with Crippen molar-refractivity contribution in [1.82, 2.24) is 5.32 Å². The summed E-state index contributed by atoms with van der Waals surface area (Å²) in [6, 6.07) is -0.793. The van der Waals surface area contributed by atoms with Crippen molar-refractivity contribution in [2.24, 2.45) is 0 Å². The van der Waals surface area contributed by atoms with Gasteiger partial charge in [0.1, 0.15) is 13.2 Å². The Balaban J connectivity index is 4.03. The second kappa shape index (κ2) is 45.6. The molecule has 3 atom stereocenters. The average molecular weight is 901 g/mol. The van der Waals surface area contributed by atoms with Crippen molar-refractivity contribution >= 4 is 13.7 Å². The van der Waals surface area contributed by atoms with E-state index in [0.717, 1.165) is 38.5 Å². The molecule has 0 aliphatic heterocycles. The highest BCUT2D eigenvalue weighted by molar-refractivity contribution is 7.45. The van der Waals surface area contributed by atoms with Gasteiger partial charge in [-0.05, 0) is 12.8 Å². The Morgan fingerprint density at radius 1 is 0.500 bits per heavy atom. The Hall–Kier alpha value is -0.500. The average Bonchev–Trinajstić information content (AvgIpc) is 3.23. The second-order valence-electron chi connectivity index (χ2n) is 20.3. The van der Waals surface area contributed by atoms with Crippen LogP contribution in [0.25, 0.3) is 0 Å². The Bertz CT molecular complexity index is 978. The maximum absolute atomic E-state index is 12.9. The Morgan fingerprint density at radius 3 is 1.10 bits per heavy atom. The van der Waals surface area contributed by atoms with Crippen molar-refractivity contribution in [2.45, 2.75) is 296 Å². The quantitative estimate of drug-likeness (QED) is 0.0358. The molecular formula is C53H109N2O6P. The smallest absolute Gasteiger partial charge is 0.268 e.